The fraction of sp³-hybridized carbons (Fsp3) is 0.111. The first-order valence-corrected chi connectivity index (χ1v) is 7.02. The second-order valence-corrected chi connectivity index (χ2v) is 5.29. The van der Waals surface area contributed by atoms with Crippen LogP contribution in [0.4, 0.5) is 5.69 Å². The van der Waals surface area contributed by atoms with Gasteiger partial charge in [0.05, 0.1) is 0 Å². The van der Waals surface area contributed by atoms with Crippen LogP contribution in [0.3, 0.4) is 0 Å². The van der Waals surface area contributed by atoms with Gasteiger partial charge in [-0.05, 0) is 43.3 Å². The largest absolute Gasteiger partial charge is 0.351 e. The molecule has 1 aromatic heterocycles. The van der Waals surface area contributed by atoms with Gasteiger partial charge in [0.15, 0.2) is 5.78 Å². The highest BCUT2D eigenvalue weighted by molar-refractivity contribution is 6.07. The van der Waals surface area contributed by atoms with Crippen molar-refractivity contribution in [3.05, 3.63) is 65.9 Å². The van der Waals surface area contributed by atoms with Crippen LogP contribution in [0, 0.1) is 0 Å². The lowest BCUT2D eigenvalue weighted by Crippen LogP contribution is -2.12. The van der Waals surface area contributed by atoms with Crippen molar-refractivity contribution in [1.82, 2.24) is 4.57 Å². The van der Waals surface area contributed by atoms with Gasteiger partial charge < -0.3 is 9.88 Å². The van der Waals surface area contributed by atoms with Gasteiger partial charge in [-0.25, -0.2) is 0 Å². The number of Topliss-reactive ketones (excluding diaryl/α,β-unsaturated/α-hetero) is 1. The van der Waals surface area contributed by atoms with E-state index >= 15 is 0 Å². The summed E-state index contributed by atoms with van der Waals surface area (Å²) in [6, 6.07) is 14.5. The van der Waals surface area contributed by atoms with Crippen LogP contribution in [0.1, 0.15) is 27.6 Å². The molecule has 3 aromatic rings. The van der Waals surface area contributed by atoms with Gasteiger partial charge >= 0.3 is 0 Å². The number of carbonyl (C=O) groups is 2. The first kappa shape index (κ1) is 14.1. The molecule has 0 aliphatic heterocycles. The van der Waals surface area contributed by atoms with Gasteiger partial charge in [-0.2, -0.15) is 0 Å². The molecule has 0 aliphatic carbocycles. The lowest BCUT2D eigenvalue weighted by molar-refractivity contribution is 0.101. The van der Waals surface area contributed by atoms with Crippen LogP contribution in [0.25, 0.3) is 10.9 Å². The monoisotopic (exact) mass is 292 g/mol. The number of anilines is 1. The van der Waals surface area contributed by atoms with E-state index in [2.05, 4.69) is 5.32 Å². The van der Waals surface area contributed by atoms with E-state index in [1.165, 1.54) is 6.92 Å². The maximum absolute atomic E-state index is 12.3. The Morgan fingerprint density at radius 2 is 1.82 bits per heavy atom. The number of hydrogen-bond donors (Lipinski definition) is 1. The summed E-state index contributed by atoms with van der Waals surface area (Å²) in [5, 5.41) is 3.85. The maximum Gasteiger partial charge on any atom is 0.255 e. The second-order valence-electron chi connectivity index (χ2n) is 5.29. The third-order valence-electron chi connectivity index (χ3n) is 3.67. The molecule has 0 saturated carbocycles. The zero-order chi connectivity index (χ0) is 15.7. The summed E-state index contributed by atoms with van der Waals surface area (Å²) in [6.45, 7) is 1.50. The zero-order valence-electron chi connectivity index (χ0n) is 12.5. The van der Waals surface area contributed by atoms with Gasteiger partial charge in [-0.3, -0.25) is 9.59 Å². The minimum absolute atomic E-state index is 0.0261. The average Bonchev–Trinajstić information content (AvgIpc) is 2.88. The van der Waals surface area contributed by atoms with Crippen LogP contribution < -0.4 is 5.32 Å². The maximum atomic E-state index is 12.3. The van der Waals surface area contributed by atoms with Gasteiger partial charge in [0.2, 0.25) is 0 Å². The first-order chi connectivity index (χ1) is 10.5. The average molecular weight is 292 g/mol. The standard InChI is InChI=1S/C18H16N2O2/c1-12(21)13-4-3-5-16(11-13)19-18(22)15-6-7-17-14(10-15)8-9-20(17)2/h3-11H,1-2H3,(H,19,22). The first-order valence-electron chi connectivity index (χ1n) is 7.02. The molecule has 3 rings (SSSR count). The Morgan fingerprint density at radius 3 is 2.59 bits per heavy atom. The molecule has 0 radical (unpaired) electrons. The molecule has 22 heavy (non-hydrogen) atoms. The molecule has 0 aliphatic rings. The number of hydrogen-bond acceptors (Lipinski definition) is 2. The van der Waals surface area contributed by atoms with E-state index in [0.717, 1.165) is 10.9 Å². The van der Waals surface area contributed by atoms with Crippen molar-refractivity contribution in [3.63, 3.8) is 0 Å². The van der Waals surface area contributed by atoms with Crippen molar-refractivity contribution in [2.24, 2.45) is 7.05 Å². The predicted octanol–water partition coefficient (Wildman–Crippen LogP) is 3.63. The molecule has 4 nitrogen and oxygen atoms in total. The Balaban J connectivity index is 1.86. The lowest BCUT2D eigenvalue weighted by Gasteiger charge is -2.07. The van der Waals surface area contributed by atoms with Gasteiger partial charge in [-0.1, -0.05) is 12.1 Å². The number of nitrogens with zero attached hydrogens (tertiary/aromatic N) is 1. The van der Waals surface area contributed by atoms with Crippen LogP contribution in [-0.4, -0.2) is 16.3 Å². The lowest BCUT2D eigenvalue weighted by atomic mass is 10.1. The van der Waals surface area contributed by atoms with E-state index < -0.39 is 0 Å². The van der Waals surface area contributed by atoms with E-state index in [0.29, 0.717) is 16.8 Å². The summed E-state index contributed by atoms with van der Waals surface area (Å²) >= 11 is 0. The number of carbonyl (C=O) groups excluding carboxylic acids is 2. The SMILES string of the molecule is CC(=O)c1cccc(NC(=O)c2ccc3c(ccn3C)c2)c1. The Morgan fingerprint density at radius 1 is 1.00 bits per heavy atom. The Hall–Kier alpha value is -2.88. The molecule has 0 spiro atoms. The highest BCUT2D eigenvalue weighted by Crippen LogP contribution is 2.18. The van der Waals surface area contributed by atoms with Crippen molar-refractivity contribution in [1.29, 1.82) is 0 Å². The van der Waals surface area contributed by atoms with E-state index in [1.54, 1.807) is 30.3 Å². The van der Waals surface area contributed by atoms with E-state index in [1.807, 2.05) is 36.0 Å². The summed E-state index contributed by atoms with van der Waals surface area (Å²) in [7, 11) is 1.97. The number of fused-ring (bicyclic) bond motifs is 1. The van der Waals surface area contributed by atoms with Gasteiger partial charge in [0.1, 0.15) is 0 Å². The smallest absolute Gasteiger partial charge is 0.255 e. The predicted molar refractivity (Wildman–Crippen MR) is 87.3 cm³/mol. The molecule has 4 heteroatoms. The number of amides is 1. The van der Waals surface area contributed by atoms with Crippen molar-refractivity contribution >= 4 is 28.3 Å². The van der Waals surface area contributed by atoms with Crippen LogP contribution in [0.5, 0.6) is 0 Å². The Labute approximate surface area is 128 Å². The molecule has 0 atom stereocenters. The minimum atomic E-state index is -0.188. The molecule has 2 aromatic carbocycles. The summed E-state index contributed by atoms with van der Waals surface area (Å²) in [6.07, 6.45) is 1.96. The van der Waals surface area contributed by atoms with Crippen molar-refractivity contribution in [2.45, 2.75) is 6.92 Å². The fourth-order valence-electron chi connectivity index (χ4n) is 2.44. The molecule has 0 bridgehead atoms. The van der Waals surface area contributed by atoms with Crippen molar-refractivity contribution in [3.8, 4) is 0 Å². The molecule has 1 heterocycles. The van der Waals surface area contributed by atoms with Crippen LogP contribution >= 0.6 is 0 Å². The summed E-state index contributed by atoms with van der Waals surface area (Å²) < 4.78 is 2.01. The van der Waals surface area contributed by atoms with Gasteiger partial charge in [-0.15, -0.1) is 0 Å². The Kier molecular flexibility index (Phi) is 3.51. The fourth-order valence-corrected chi connectivity index (χ4v) is 2.44. The minimum Gasteiger partial charge on any atom is -0.351 e. The number of rotatable bonds is 3. The van der Waals surface area contributed by atoms with Crippen LogP contribution in [0.2, 0.25) is 0 Å². The van der Waals surface area contributed by atoms with E-state index in [9.17, 15) is 9.59 Å². The van der Waals surface area contributed by atoms with E-state index in [-0.39, 0.29) is 11.7 Å². The molecule has 0 saturated heterocycles. The number of nitrogens with one attached hydrogen (secondary N) is 1. The molecule has 0 unspecified atom stereocenters. The molecule has 1 N–H and O–H groups in total. The zero-order valence-corrected chi connectivity index (χ0v) is 12.5. The third kappa shape index (κ3) is 2.63. The second kappa shape index (κ2) is 5.48. The molecular weight excluding hydrogens is 276 g/mol. The quantitative estimate of drug-likeness (QED) is 0.749. The van der Waals surface area contributed by atoms with Crippen LogP contribution in [-0.2, 0) is 7.05 Å². The number of aryl methyl sites for hydroxylation is 1. The Bertz CT molecular complexity index is 878. The molecule has 0 fully saturated rings. The molecule has 1 amide bonds. The number of benzene rings is 2. The molecular formula is C18H16N2O2. The third-order valence-corrected chi connectivity index (χ3v) is 3.67. The van der Waals surface area contributed by atoms with E-state index in [4.69, 9.17) is 0 Å². The summed E-state index contributed by atoms with van der Waals surface area (Å²) in [4.78, 5) is 23.7. The van der Waals surface area contributed by atoms with Crippen LogP contribution in [0.15, 0.2) is 54.7 Å². The number of aromatic nitrogens is 1. The van der Waals surface area contributed by atoms with Crippen molar-refractivity contribution < 1.29 is 9.59 Å². The van der Waals surface area contributed by atoms with Gasteiger partial charge in [0.25, 0.3) is 5.91 Å². The van der Waals surface area contributed by atoms with Crippen molar-refractivity contribution in [2.75, 3.05) is 5.32 Å². The topological polar surface area (TPSA) is 51.1 Å². The molecule has 110 valence electrons. The normalized spacial score (nSPS) is 10.6. The highest BCUT2D eigenvalue weighted by atomic mass is 16.1. The van der Waals surface area contributed by atoms with Gasteiger partial charge in [0, 0.05) is 41.0 Å². The highest BCUT2D eigenvalue weighted by Gasteiger charge is 2.09. The summed E-state index contributed by atoms with van der Waals surface area (Å²) in [5.74, 6) is -0.215. The number of ketones is 1. The summed E-state index contributed by atoms with van der Waals surface area (Å²) in [5.41, 5.74) is 2.87.